The average Bonchev–Trinajstić information content (AvgIpc) is 2.98. The second-order valence-corrected chi connectivity index (χ2v) is 7.39. The van der Waals surface area contributed by atoms with Crippen molar-refractivity contribution < 1.29 is 4.74 Å². The van der Waals surface area contributed by atoms with Gasteiger partial charge in [0.2, 0.25) is 11.9 Å². The standard InChI is InChI=1S/C16H28N6O/c1-12-8-22(10-16(2,3)23-12)15-19-11-18-14(20-15)21(4)9-13-5-6-17-7-13/h11-13,17H,5-10H2,1-4H3/t12-,13?/m0/s1. The van der Waals surface area contributed by atoms with Gasteiger partial charge in [-0.15, -0.1) is 0 Å². The summed E-state index contributed by atoms with van der Waals surface area (Å²) in [6, 6.07) is 0. The Morgan fingerprint density at radius 3 is 2.96 bits per heavy atom. The zero-order valence-electron chi connectivity index (χ0n) is 14.6. The van der Waals surface area contributed by atoms with Gasteiger partial charge in [0.25, 0.3) is 0 Å². The summed E-state index contributed by atoms with van der Waals surface area (Å²) in [5.41, 5.74) is -0.189. The van der Waals surface area contributed by atoms with Crippen molar-refractivity contribution in [3.63, 3.8) is 0 Å². The van der Waals surface area contributed by atoms with Crippen LogP contribution in [0.3, 0.4) is 0 Å². The Labute approximate surface area is 138 Å². The zero-order chi connectivity index (χ0) is 16.4. The molecule has 0 aliphatic carbocycles. The van der Waals surface area contributed by atoms with Crippen LogP contribution in [-0.2, 0) is 4.74 Å². The number of aromatic nitrogens is 3. The second-order valence-electron chi connectivity index (χ2n) is 7.39. The molecule has 2 fully saturated rings. The first-order chi connectivity index (χ1) is 10.9. The van der Waals surface area contributed by atoms with Crippen LogP contribution in [0.4, 0.5) is 11.9 Å². The van der Waals surface area contributed by atoms with Crippen LogP contribution in [0.15, 0.2) is 6.33 Å². The fourth-order valence-corrected chi connectivity index (χ4v) is 3.56. The Kier molecular flexibility index (Phi) is 4.68. The summed E-state index contributed by atoms with van der Waals surface area (Å²) in [5.74, 6) is 2.16. The number of nitrogens with one attached hydrogen (secondary N) is 1. The fraction of sp³-hybridized carbons (Fsp3) is 0.812. The molecular formula is C16H28N6O. The Balaban J connectivity index is 1.71. The van der Waals surface area contributed by atoms with Gasteiger partial charge in [0.05, 0.1) is 11.7 Å². The first-order valence-electron chi connectivity index (χ1n) is 8.46. The van der Waals surface area contributed by atoms with E-state index >= 15 is 0 Å². The highest BCUT2D eigenvalue weighted by Crippen LogP contribution is 2.24. The van der Waals surface area contributed by atoms with Crippen molar-refractivity contribution in [1.29, 1.82) is 0 Å². The lowest BCUT2D eigenvalue weighted by Gasteiger charge is -2.41. The highest BCUT2D eigenvalue weighted by Gasteiger charge is 2.32. The maximum absolute atomic E-state index is 5.96. The highest BCUT2D eigenvalue weighted by atomic mass is 16.5. The molecule has 1 aromatic rings. The van der Waals surface area contributed by atoms with Gasteiger partial charge >= 0.3 is 0 Å². The molecule has 0 amide bonds. The Morgan fingerprint density at radius 2 is 2.26 bits per heavy atom. The van der Waals surface area contributed by atoms with E-state index in [9.17, 15) is 0 Å². The molecule has 2 aliphatic heterocycles. The van der Waals surface area contributed by atoms with E-state index in [1.54, 1.807) is 6.33 Å². The molecule has 1 unspecified atom stereocenters. The van der Waals surface area contributed by atoms with Crippen LogP contribution >= 0.6 is 0 Å². The molecule has 3 heterocycles. The molecule has 0 radical (unpaired) electrons. The number of ether oxygens (including phenoxy) is 1. The normalized spacial score (nSPS) is 27.2. The summed E-state index contributed by atoms with van der Waals surface area (Å²) in [7, 11) is 2.06. The molecule has 1 N–H and O–H groups in total. The minimum atomic E-state index is -0.189. The molecule has 0 spiro atoms. The highest BCUT2D eigenvalue weighted by molar-refractivity contribution is 5.38. The number of hydrogen-bond acceptors (Lipinski definition) is 7. The Hall–Kier alpha value is -1.47. The monoisotopic (exact) mass is 320 g/mol. The van der Waals surface area contributed by atoms with E-state index in [0.717, 1.165) is 44.6 Å². The van der Waals surface area contributed by atoms with Gasteiger partial charge in [-0.05, 0) is 46.2 Å². The minimum Gasteiger partial charge on any atom is -0.369 e. The third-order valence-corrected chi connectivity index (χ3v) is 4.43. The summed E-state index contributed by atoms with van der Waals surface area (Å²) < 4.78 is 5.96. The number of anilines is 2. The molecule has 0 bridgehead atoms. The van der Waals surface area contributed by atoms with Crippen LogP contribution in [0.25, 0.3) is 0 Å². The number of hydrogen-bond donors (Lipinski definition) is 1. The van der Waals surface area contributed by atoms with Crippen molar-refractivity contribution in [1.82, 2.24) is 20.3 Å². The van der Waals surface area contributed by atoms with Gasteiger partial charge in [0, 0.05) is 26.7 Å². The van der Waals surface area contributed by atoms with Gasteiger partial charge in [-0.25, -0.2) is 9.97 Å². The molecule has 7 heteroatoms. The SMILES string of the molecule is C[C@H]1CN(c2ncnc(N(C)CC3CCNC3)n2)CC(C)(C)O1. The van der Waals surface area contributed by atoms with Crippen molar-refractivity contribution in [3.8, 4) is 0 Å². The molecule has 1 aromatic heterocycles. The summed E-state index contributed by atoms with van der Waals surface area (Å²) in [5, 5.41) is 3.40. The molecule has 7 nitrogen and oxygen atoms in total. The third-order valence-electron chi connectivity index (χ3n) is 4.43. The first kappa shape index (κ1) is 16.4. The lowest BCUT2D eigenvalue weighted by atomic mass is 10.1. The van der Waals surface area contributed by atoms with Crippen molar-refractivity contribution in [2.45, 2.75) is 38.9 Å². The maximum Gasteiger partial charge on any atom is 0.230 e. The molecular weight excluding hydrogens is 292 g/mol. The smallest absolute Gasteiger partial charge is 0.230 e. The Bertz CT molecular complexity index is 531. The largest absolute Gasteiger partial charge is 0.369 e. The summed E-state index contributed by atoms with van der Waals surface area (Å²) in [6.45, 7) is 11.1. The van der Waals surface area contributed by atoms with E-state index in [4.69, 9.17) is 9.72 Å². The minimum absolute atomic E-state index is 0.168. The quantitative estimate of drug-likeness (QED) is 0.885. The molecule has 0 aromatic carbocycles. The topological polar surface area (TPSA) is 66.4 Å². The van der Waals surface area contributed by atoms with Gasteiger partial charge < -0.3 is 19.9 Å². The van der Waals surface area contributed by atoms with Crippen molar-refractivity contribution in [2.75, 3.05) is 49.6 Å². The van der Waals surface area contributed by atoms with Crippen molar-refractivity contribution in [2.24, 2.45) is 5.92 Å². The van der Waals surface area contributed by atoms with E-state index in [-0.39, 0.29) is 11.7 Å². The van der Waals surface area contributed by atoms with Crippen LogP contribution in [0.2, 0.25) is 0 Å². The van der Waals surface area contributed by atoms with Crippen LogP contribution < -0.4 is 15.1 Å². The van der Waals surface area contributed by atoms with E-state index in [1.165, 1.54) is 6.42 Å². The lowest BCUT2D eigenvalue weighted by molar-refractivity contribution is -0.0753. The van der Waals surface area contributed by atoms with E-state index in [0.29, 0.717) is 5.92 Å². The van der Waals surface area contributed by atoms with Crippen LogP contribution in [0, 0.1) is 5.92 Å². The first-order valence-corrected chi connectivity index (χ1v) is 8.46. The molecule has 23 heavy (non-hydrogen) atoms. The zero-order valence-corrected chi connectivity index (χ0v) is 14.6. The van der Waals surface area contributed by atoms with Crippen LogP contribution in [0.5, 0.6) is 0 Å². The lowest BCUT2D eigenvalue weighted by Crippen LogP contribution is -2.52. The van der Waals surface area contributed by atoms with Crippen LogP contribution in [0.1, 0.15) is 27.2 Å². The Morgan fingerprint density at radius 1 is 1.43 bits per heavy atom. The van der Waals surface area contributed by atoms with Gasteiger partial charge in [0.1, 0.15) is 6.33 Å². The summed E-state index contributed by atoms with van der Waals surface area (Å²) in [4.78, 5) is 17.8. The predicted octanol–water partition coefficient (Wildman–Crippen LogP) is 0.921. The van der Waals surface area contributed by atoms with E-state index in [2.05, 4.69) is 52.9 Å². The van der Waals surface area contributed by atoms with E-state index in [1.807, 2.05) is 0 Å². The van der Waals surface area contributed by atoms with E-state index < -0.39 is 0 Å². The molecule has 3 rings (SSSR count). The molecule has 2 aliphatic rings. The van der Waals surface area contributed by atoms with Gasteiger partial charge in [-0.1, -0.05) is 0 Å². The van der Waals surface area contributed by atoms with Crippen molar-refractivity contribution >= 4 is 11.9 Å². The third kappa shape index (κ3) is 4.09. The second kappa shape index (κ2) is 6.57. The van der Waals surface area contributed by atoms with Gasteiger partial charge in [-0.3, -0.25) is 0 Å². The summed E-state index contributed by atoms with van der Waals surface area (Å²) >= 11 is 0. The van der Waals surface area contributed by atoms with Crippen LogP contribution in [-0.4, -0.2) is 66.4 Å². The number of rotatable bonds is 4. The number of nitrogens with zero attached hydrogens (tertiary/aromatic N) is 5. The summed E-state index contributed by atoms with van der Waals surface area (Å²) in [6.07, 6.45) is 3.01. The molecule has 2 atom stereocenters. The number of morpholine rings is 1. The predicted molar refractivity (Wildman–Crippen MR) is 90.9 cm³/mol. The average molecular weight is 320 g/mol. The molecule has 2 saturated heterocycles. The van der Waals surface area contributed by atoms with Crippen molar-refractivity contribution in [3.05, 3.63) is 6.33 Å². The molecule has 128 valence electrons. The molecule has 0 saturated carbocycles. The van der Waals surface area contributed by atoms with Gasteiger partial charge in [0.15, 0.2) is 0 Å². The van der Waals surface area contributed by atoms with Gasteiger partial charge in [-0.2, -0.15) is 4.98 Å². The fourth-order valence-electron chi connectivity index (χ4n) is 3.56. The maximum atomic E-state index is 5.96.